The van der Waals surface area contributed by atoms with Gasteiger partial charge in [-0.3, -0.25) is 9.80 Å². The van der Waals surface area contributed by atoms with Crippen molar-refractivity contribution >= 4 is 6.09 Å². The second-order valence-corrected chi connectivity index (χ2v) is 9.05. The van der Waals surface area contributed by atoms with Crippen molar-refractivity contribution in [1.29, 1.82) is 0 Å². The van der Waals surface area contributed by atoms with E-state index in [2.05, 4.69) is 11.8 Å². The van der Waals surface area contributed by atoms with Gasteiger partial charge in [-0.05, 0) is 50.6 Å². The van der Waals surface area contributed by atoms with Gasteiger partial charge in [-0.2, -0.15) is 5.10 Å². The SMILES string of the molecule is CCCN1CCc2c(c(CN(C(=O)OCc3ccccc3)C(C)C)nn2-c2cccc(F)c2)C1. The van der Waals surface area contributed by atoms with E-state index >= 15 is 0 Å². The lowest BCUT2D eigenvalue weighted by molar-refractivity contribution is 0.0821. The maximum Gasteiger partial charge on any atom is 0.410 e. The minimum Gasteiger partial charge on any atom is -0.445 e. The van der Waals surface area contributed by atoms with Crippen molar-refractivity contribution < 1.29 is 13.9 Å². The number of hydrogen-bond acceptors (Lipinski definition) is 4. The first kappa shape index (κ1) is 24.0. The summed E-state index contributed by atoms with van der Waals surface area (Å²) in [4.78, 5) is 17.1. The quantitative estimate of drug-likeness (QED) is 0.452. The van der Waals surface area contributed by atoms with Crippen molar-refractivity contribution in [1.82, 2.24) is 19.6 Å². The molecule has 0 fully saturated rings. The smallest absolute Gasteiger partial charge is 0.410 e. The Balaban J connectivity index is 1.61. The fourth-order valence-electron chi connectivity index (χ4n) is 4.42. The largest absolute Gasteiger partial charge is 0.445 e. The molecule has 1 aromatic heterocycles. The van der Waals surface area contributed by atoms with Crippen LogP contribution in [-0.2, 0) is 30.9 Å². The monoisotopic (exact) mass is 464 g/mol. The number of ether oxygens (including phenoxy) is 1. The molecule has 2 heterocycles. The first-order valence-corrected chi connectivity index (χ1v) is 12.0. The lowest BCUT2D eigenvalue weighted by Gasteiger charge is -2.29. The Labute approximate surface area is 200 Å². The van der Waals surface area contributed by atoms with E-state index in [0.717, 1.165) is 55.0 Å². The second-order valence-electron chi connectivity index (χ2n) is 9.05. The molecule has 0 bridgehead atoms. The van der Waals surface area contributed by atoms with Crippen LogP contribution in [0.4, 0.5) is 9.18 Å². The zero-order chi connectivity index (χ0) is 24.1. The maximum atomic E-state index is 14.0. The molecule has 4 rings (SSSR count). The van der Waals surface area contributed by atoms with Crippen LogP contribution in [0.15, 0.2) is 54.6 Å². The molecule has 1 aliphatic heterocycles. The van der Waals surface area contributed by atoms with Crippen molar-refractivity contribution in [2.45, 2.75) is 59.4 Å². The fraction of sp³-hybridized carbons (Fsp3) is 0.407. The van der Waals surface area contributed by atoms with Gasteiger partial charge in [0.15, 0.2) is 0 Å². The standard InChI is InChI=1S/C27H33FN4O2/c1-4-14-30-15-13-26-24(17-30)25(29-32(26)23-12-8-11-22(28)16-23)18-31(20(2)3)27(33)34-19-21-9-6-5-7-10-21/h5-12,16,20H,4,13-15,17-19H2,1-3H3. The Kier molecular flexibility index (Phi) is 7.63. The summed E-state index contributed by atoms with van der Waals surface area (Å²) < 4.78 is 21.5. The van der Waals surface area contributed by atoms with Crippen LogP contribution in [0.3, 0.4) is 0 Å². The molecule has 6 nitrogen and oxygen atoms in total. The topological polar surface area (TPSA) is 50.6 Å². The first-order valence-electron chi connectivity index (χ1n) is 12.0. The van der Waals surface area contributed by atoms with Crippen LogP contribution in [0, 0.1) is 5.82 Å². The molecule has 0 atom stereocenters. The summed E-state index contributed by atoms with van der Waals surface area (Å²) in [5, 5.41) is 4.89. The summed E-state index contributed by atoms with van der Waals surface area (Å²) in [5.74, 6) is -0.292. The first-order chi connectivity index (χ1) is 16.5. The summed E-state index contributed by atoms with van der Waals surface area (Å²) in [6.07, 6.45) is 1.54. The summed E-state index contributed by atoms with van der Waals surface area (Å²) in [7, 11) is 0. The minimum absolute atomic E-state index is 0.0615. The van der Waals surface area contributed by atoms with Crippen molar-refractivity contribution in [3.05, 3.63) is 82.9 Å². The molecule has 7 heteroatoms. The summed E-state index contributed by atoms with van der Waals surface area (Å²) in [5.41, 5.74) is 4.71. The van der Waals surface area contributed by atoms with Crippen LogP contribution < -0.4 is 0 Å². The number of fused-ring (bicyclic) bond motifs is 1. The number of amides is 1. The van der Waals surface area contributed by atoms with Gasteiger partial charge >= 0.3 is 6.09 Å². The zero-order valence-electron chi connectivity index (χ0n) is 20.2. The molecule has 0 saturated carbocycles. The third-order valence-electron chi connectivity index (χ3n) is 6.20. The molecule has 34 heavy (non-hydrogen) atoms. The maximum absolute atomic E-state index is 14.0. The van der Waals surface area contributed by atoms with Crippen LogP contribution in [0.5, 0.6) is 0 Å². The van der Waals surface area contributed by atoms with Crippen molar-refractivity contribution in [3.63, 3.8) is 0 Å². The van der Waals surface area contributed by atoms with E-state index in [4.69, 9.17) is 9.84 Å². The normalized spacial score (nSPS) is 13.7. The molecule has 0 unspecified atom stereocenters. The van der Waals surface area contributed by atoms with Gasteiger partial charge in [0.1, 0.15) is 12.4 Å². The summed E-state index contributed by atoms with van der Waals surface area (Å²) >= 11 is 0. The Morgan fingerprint density at radius 3 is 2.68 bits per heavy atom. The highest BCUT2D eigenvalue weighted by atomic mass is 19.1. The number of carbonyl (C=O) groups is 1. The van der Waals surface area contributed by atoms with Gasteiger partial charge in [-0.15, -0.1) is 0 Å². The Morgan fingerprint density at radius 1 is 1.18 bits per heavy atom. The average molecular weight is 465 g/mol. The van der Waals surface area contributed by atoms with E-state index in [1.807, 2.05) is 54.9 Å². The molecular formula is C27H33FN4O2. The lowest BCUT2D eigenvalue weighted by Crippen LogP contribution is -2.37. The predicted octanol–water partition coefficient (Wildman–Crippen LogP) is 5.33. The average Bonchev–Trinajstić information content (AvgIpc) is 3.19. The van der Waals surface area contributed by atoms with Crippen molar-refractivity contribution in [3.8, 4) is 5.69 Å². The highest BCUT2D eigenvalue weighted by Crippen LogP contribution is 2.27. The fourth-order valence-corrected chi connectivity index (χ4v) is 4.42. The number of halogens is 1. The number of hydrogen-bond donors (Lipinski definition) is 0. The Morgan fingerprint density at radius 2 is 1.97 bits per heavy atom. The molecule has 0 N–H and O–H groups in total. The van der Waals surface area contributed by atoms with Gasteiger partial charge < -0.3 is 4.74 Å². The van der Waals surface area contributed by atoms with Crippen LogP contribution in [-0.4, -0.2) is 44.8 Å². The molecule has 2 aromatic carbocycles. The van der Waals surface area contributed by atoms with Crippen molar-refractivity contribution in [2.75, 3.05) is 13.1 Å². The van der Waals surface area contributed by atoms with Gasteiger partial charge in [0.2, 0.25) is 0 Å². The van der Waals surface area contributed by atoms with Gasteiger partial charge in [0, 0.05) is 31.1 Å². The van der Waals surface area contributed by atoms with E-state index in [9.17, 15) is 9.18 Å². The molecular weight excluding hydrogens is 431 g/mol. The molecule has 3 aromatic rings. The number of rotatable bonds is 8. The predicted molar refractivity (Wildman–Crippen MR) is 130 cm³/mol. The van der Waals surface area contributed by atoms with E-state index in [1.165, 1.54) is 12.1 Å². The van der Waals surface area contributed by atoms with Crippen LogP contribution in [0.1, 0.15) is 49.7 Å². The third kappa shape index (κ3) is 5.47. The summed E-state index contributed by atoms with van der Waals surface area (Å²) in [6, 6.07) is 16.1. The van der Waals surface area contributed by atoms with Crippen LogP contribution >= 0.6 is 0 Å². The van der Waals surface area contributed by atoms with Crippen molar-refractivity contribution in [2.24, 2.45) is 0 Å². The lowest BCUT2D eigenvalue weighted by atomic mass is 10.0. The Bertz CT molecular complexity index is 1110. The number of aromatic nitrogens is 2. The highest BCUT2D eigenvalue weighted by Gasteiger charge is 2.28. The van der Waals surface area contributed by atoms with Crippen LogP contribution in [0.2, 0.25) is 0 Å². The molecule has 0 aliphatic carbocycles. The van der Waals surface area contributed by atoms with Gasteiger partial charge in [0.05, 0.1) is 23.6 Å². The second kappa shape index (κ2) is 10.8. The van der Waals surface area contributed by atoms with E-state index < -0.39 is 0 Å². The van der Waals surface area contributed by atoms with Gasteiger partial charge in [-0.1, -0.05) is 43.3 Å². The van der Waals surface area contributed by atoms with E-state index in [1.54, 1.807) is 11.0 Å². The molecule has 0 saturated heterocycles. The molecule has 180 valence electrons. The molecule has 0 spiro atoms. The zero-order valence-corrected chi connectivity index (χ0v) is 20.2. The van der Waals surface area contributed by atoms with Gasteiger partial charge in [-0.25, -0.2) is 13.9 Å². The molecule has 1 amide bonds. The third-order valence-corrected chi connectivity index (χ3v) is 6.20. The van der Waals surface area contributed by atoms with Gasteiger partial charge in [0.25, 0.3) is 0 Å². The number of carbonyl (C=O) groups excluding carboxylic acids is 1. The molecule has 0 radical (unpaired) electrons. The van der Waals surface area contributed by atoms with Crippen LogP contribution in [0.25, 0.3) is 5.69 Å². The van der Waals surface area contributed by atoms with E-state index in [-0.39, 0.29) is 24.6 Å². The Hall–Kier alpha value is -3.19. The minimum atomic E-state index is -0.367. The number of nitrogens with zero attached hydrogens (tertiary/aromatic N) is 4. The summed E-state index contributed by atoms with van der Waals surface area (Å²) in [6.45, 7) is 9.42. The molecule has 1 aliphatic rings. The number of benzene rings is 2. The van der Waals surface area contributed by atoms with E-state index in [0.29, 0.717) is 12.2 Å². The highest BCUT2D eigenvalue weighted by molar-refractivity contribution is 5.68.